The fourth-order valence-electron chi connectivity index (χ4n) is 0.677. The molecule has 3 N–H and O–H groups in total. The molecule has 65 valence electrons. The highest BCUT2D eigenvalue weighted by atomic mass is 32.1. The topological polar surface area (TPSA) is 55.1 Å². The lowest BCUT2D eigenvalue weighted by atomic mass is 10.2. The number of nitrogens with two attached hydrogens (primary N) is 1. The maximum Gasteiger partial charge on any atom is 0.312 e. The van der Waals surface area contributed by atoms with E-state index in [0.717, 1.165) is 25.0 Å². The molecule has 0 rings (SSSR count). The first-order valence-electron chi connectivity index (χ1n) is 3.73. The number of urea groups is 1. The van der Waals surface area contributed by atoms with Crippen molar-refractivity contribution in [2.45, 2.75) is 19.3 Å². The van der Waals surface area contributed by atoms with Crippen LogP contribution < -0.4 is 11.1 Å². The number of carbonyl (C=O) groups excluding carboxylic acids is 1. The Morgan fingerprint density at radius 2 is 2.27 bits per heavy atom. The van der Waals surface area contributed by atoms with Gasteiger partial charge in [0.25, 0.3) is 0 Å². The average molecular weight is 175 g/mol. The van der Waals surface area contributed by atoms with Gasteiger partial charge in [-0.2, -0.15) is 12.6 Å². The first-order chi connectivity index (χ1) is 5.27. The molecule has 0 atom stereocenters. The van der Waals surface area contributed by atoms with Crippen molar-refractivity contribution in [1.82, 2.24) is 5.32 Å². The van der Waals surface area contributed by atoms with E-state index in [1.165, 1.54) is 0 Å². The SMILES string of the molecule is NC(=O)NCC[CH]CCCS. The summed E-state index contributed by atoms with van der Waals surface area (Å²) in [5.41, 5.74) is 4.86. The summed E-state index contributed by atoms with van der Waals surface area (Å²) in [7, 11) is 0. The number of hydrogen-bond acceptors (Lipinski definition) is 2. The van der Waals surface area contributed by atoms with Crippen LogP contribution in [0.5, 0.6) is 0 Å². The Morgan fingerprint density at radius 1 is 1.55 bits per heavy atom. The van der Waals surface area contributed by atoms with Crippen molar-refractivity contribution >= 4 is 18.7 Å². The molecule has 1 radical (unpaired) electrons. The highest BCUT2D eigenvalue weighted by Crippen LogP contribution is 1.97. The zero-order valence-electron chi connectivity index (χ0n) is 6.55. The largest absolute Gasteiger partial charge is 0.352 e. The lowest BCUT2D eigenvalue weighted by Crippen LogP contribution is -2.30. The second kappa shape index (κ2) is 7.72. The third kappa shape index (κ3) is 9.62. The van der Waals surface area contributed by atoms with Crippen LogP contribution in [0.4, 0.5) is 4.79 Å². The summed E-state index contributed by atoms with van der Waals surface area (Å²) in [5, 5.41) is 2.51. The molecule has 4 heteroatoms. The third-order valence-corrected chi connectivity index (χ3v) is 1.53. The quantitative estimate of drug-likeness (QED) is 0.409. The molecule has 0 aliphatic heterocycles. The van der Waals surface area contributed by atoms with Gasteiger partial charge in [0.1, 0.15) is 0 Å². The maximum absolute atomic E-state index is 10.2. The van der Waals surface area contributed by atoms with Gasteiger partial charge in [0.15, 0.2) is 0 Å². The molecule has 11 heavy (non-hydrogen) atoms. The molecule has 0 aromatic rings. The van der Waals surface area contributed by atoms with Crippen molar-refractivity contribution in [2.24, 2.45) is 5.73 Å². The molecule has 0 fully saturated rings. The number of primary amides is 1. The van der Waals surface area contributed by atoms with Gasteiger partial charge >= 0.3 is 6.03 Å². The van der Waals surface area contributed by atoms with E-state index in [2.05, 4.69) is 24.4 Å². The summed E-state index contributed by atoms with van der Waals surface area (Å²) in [6, 6.07) is -0.451. The van der Waals surface area contributed by atoms with Gasteiger partial charge in [0.05, 0.1) is 0 Å². The van der Waals surface area contributed by atoms with E-state index in [9.17, 15) is 4.79 Å². The van der Waals surface area contributed by atoms with Gasteiger partial charge in [-0.15, -0.1) is 0 Å². The first kappa shape index (κ1) is 10.6. The summed E-state index contributed by atoms with van der Waals surface area (Å²) < 4.78 is 0. The van der Waals surface area contributed by atoms with Gasteiger partial charge in [-0.1, -0.05) is 0 Å². The predicted octanol–water partition coefficient (Wildman–Crippen LogP) is 0.959. The fraction of sp³-hybridized carbons (Fsp3) is 0.714. The molecule has 0 unspecified atom stereocenters. The minimum Gasteiger partial charge on any atom is -0.352 e. The van der Waals surface area contributed by atoms with Crippen LogP contribution in [0.3, 0.4) is 0 Å². The lowest BCUT2D eigenvalue weighted by Gasteiger charge is -1.99. The molecule has 0 aliphatic rings. The smallest absolute Gasteiger partial charge is 0.312 e. The fourth-order valence-corrected chi connectivity index (χ4v) is 0.860. The van der Waals surface area contributed by atoms with Gasteiger partial charge in [0.2, 0.25) is 0 Å². The van der Waals surface area contributed by atoms with E-state index in [1.807, 2.05) is 0 Å². The van der Waals surface area contributed by atoms with Crippen molar-refractivity contribution in [3.05, 3.63) is 6.42 Å². The molecule has 0 heterocycles. The maximum atomic E-state index is 10.2. The van der Waals surface area contributed by atoms with Crippen molar-refractivity contribution in [3.63, 3.8) is 0 Å². The van der Waals surface area contributed by atoms with Crippen LogP contribution in [0.15, 0.2) is 0 Å². The van der Waals surface area contributed by atoms with E-state index >= 15 is 0 Å². The summed E-state index contributed by atoms with van der Waals surface area (Å²) in [4.78, 5) is 10.2. The third-order valence-electron chi connectivity index (χ3n) is 1.21. The molecular formula is C7H15N2OS. The van der Waals surface area contributed by atoms with Crippen LogP contribution >= 0.6 is 12.6 Å². The van der Waals surface area contributed by atoms with Gasteiger partial charge in [-0.05, 0) is 31.4 Å². The van der Waals surface area contributed by atoms with Crippen LogP contribution in [0.25, 0.3) is 0 Å². The molecule has 0 saturated carbocycles. The van der Waals surface area contributed by atoms with Crippen LogP contribution in [0.2, 0.25) is 0 Å². The van der Waals surface area contributed by atoms with Gasteiger partial charge in [-0.25, -0.2) is 4.79 Å². The van der Waals surface area contributed by atoms with Crippen LogP contribution in [0, 0.1) is 6.42 Å². The first-order valence-corrected chi connectivity index (χ1v) is 4.36. The number of thiol groups is 1. The molecule has 3 nitrogen and oxygen atoms in total. The summed E-state index contributed by atoms with van der Waals surface area (Å²) in [5.74, 6) is 0.916. The van der Waals surface area contributed by atoms with E-state index in [1.54, 1.807) is 0 Å². The predicted molar refractivity (Wildman–Crippen MR) is 49.6 cm³/mol. The number of carbonyl (C=O) groups is 1. The summed E-state index contributed by atoms with van der Waals surface area (Å²) in [6.45, 7) is 0.641. The Hall–Kier alpha value is -0.380. The highest BCUT2D eigenvalue weighted by Gasteiger charge is 1.91. The second-order valence-electron chi connectivity index (χ2n) is 2.23. The Kier molecular flexibility index (Phi) is 7.46. The van der Waals surface area contributed by atoms with Gasteiger partial charge in [0, 0.05) is 6.54 Å². The second-order valence-corrected chi connectivity index (χ2v) is 2.68. The van der Waals surface area contributed by atoms with E-state index in [0.29, 0.717) is 6.54 Å². The Bertz CT molecular complexity index is 109. The van der Waals surface area contributed by atoms with Crippen molar-refractivity contribution in [3.8, 4) is 0 Å². The Labute approximate surface area is 73.1 Å². The van der Waals surface area contributed by atoms with Crippen molar-refractivity contribution in [1.29, 1.82) is 0 Å². The van der Waals surface area contributed by atoms with Gasteiger partial charge < -0.3 is 11.1 Å². The number of unbranched alkanes of at least 4 members (excludes halogenated alkanes) is 3. The number of nitrogens with one attached hydrogen (secondary N) is 1. The minimum atomic E-state index is -0.451. The Morgan fingerprint density at radius 3 is 2.82 bits per heavy atom. The van der Waals surface area contributed by atoms with Crippen LogP contribution in [-0.4, -0.2) is 18.3 Å². The standard InChI is InChI=1S/C7H15N2OS/c8-7(10)9-5-3-1-2-4-6-11/h1,11H,2-6H2,(H3,8,9,10). The molecule has 0 bridgehead atoms. The van der Waals surface area contributed by atoms with E-state index < -0.39 is 6.03 Å². The number of rotatable bonds is 6. The van der Waals surface area contributed by atoms with Crippen molar-refractivity contribution in [2.75, 3.05) is 12.3 Å². The zero-order valence-corrected chi connectivity index (χ0v) is 7.44. The lowest BCUT2D eigenvalue weighted by molar-refractivity contribution is 0.249. The minimum absolute atomic E-state index is 0.451. The summed E-state index contributed by atoms with van der Waals surface area (Å²) >= 11 is 4.07. The molecule has 0 saturated heterocycles. The van der Waals surface area contributed by atoms with Gasteiger partial charge in [-0.3, -0.25) is 0 Å². The van der Waals surface area contributed by atoms with Crippen LogP contribution in [0.1, 0.15) is 19.3 Å². The van der Waals surface area contributed by atoms with Crippen LogP contribution in [-0.2, 0) is 0 Å². The number of amides is 2. The summed E-state index contributed by atoms with van der Waals surface area (Å²) in [6.07, 6.45) is 5.17. The normalized spacial score (nSPS) is 9.55. The molecular weight excluding hydrogens is 160 g/mol. The molecule has 2 amide bonds. The highest BCUT2D eigenvalue weighted by molar-refractivity contribution is 7.80. The van der Waals surface area contributed by atoms with E-state index in [-0.39, 0.29) is 0 Å². The molecule has 0 aromatic heterocycles. The van der Waals surface area contributed by atoms with Crippen molar-refractivity contribution < 1.29 is 4.79 Å². The van der Waals surface area contributed by atoms with E-state index in [4.69, 9.17) is 5.73 Å². The number of hydrogen-bond donors (Lipinski definition) is 3. The molecule has 0 spiro atoms. The average Bonchev–Trinajstić information content (AvgIpc) is 1.96. The Balaban J connectivity index is 2.85. The zero-order chi connectivity index (χ0) is 8.53. The molecule has 0 aliphatic carbocycles. The monoisotopic (exact) mass is 175 g/mol. The molecule has 0 aromatic carbocycles.